The zero-order valence-electron chi connectivity index (χ0n) is 17.8. The minimum atomic E-state index is -2.35. The van der Waals surface area contributed by atoms with Crippen LogP contribution < -0.4 is 16.4 Å². The van der Waals surface area contributed by atoms with Gasteiger partial charge in [0.2, 0.25) is 11.8 Å². The molecule has 1 aliphatic carbocycles. The molecule has 1 fully saturated rings. The second-order valence-electron chi connectivity index (χ2n) is 8.08. The molecule has 1 heterocycles. The van der Waals surface area contributed by atoms with E-state index < -0.39 is 11.3 Å². The monoisotopic (exact) mass is 512 g/mol. The van der Waals surface area contributed by atoms with Crippen molar-refractivity contribution in [2.75, 3.05) is 24.1 Å². The van der Waals surface area contributed by atoms with Crippen molar-refractivity contribution in [2.24, 2.45) is 5.92 Å². The molecule has 1 aromatic carbocycles. The van der Waals surface area contributed by atoms with E-state index in [1.54, 1.807) is 0 Å². The van der Waals surface area contributed by atoms with Gasteiger partial charge in [0.25, 0.3) is 6.43 Å². The predicted molar refractivity (Wildman–Crippen MR) is 123 cm³/mol. The number of benzene rings is 1. The lowest BCUT2D eigenvalue weighted by Gasteiger charge is -2.29. The Labute approximate surface area is 193 Å². The van der Waals surface area contributed by atoms with Gasteiger partial charge in [0.05, 0.1) is 11.5 Å². The number of anilines is 2. The van der Waals surface area contributed by atoms with Gasteiger partial charge in [0.15, 0.2) is 0 Å². The van der Waals surface area contributed by atoms with Crippen LogP contribution in [0.5, 0.6) is 0 Å². The van der Waals surface area contributed by atoms with Crippen LogP contribution in [0.1, 0.15) is 42.5 Å². The van der Waals surface area contributed by atoms with E-state index in [-0.39, 0.29) is 48.1 Å². The topological polar surface area (TPSA) is 119 Å². The number of hydrogen-bond acceptors (Lipinski definition) is 7. The third-order valence-corrected chi connectivity index (χ3v) is 6.72. The average molecular weight is 513 g/mol. The van der Waals surface area contributed by atoms with Gasteiger partial charge >= 0.3 is 5.69 Å². The van der Waals surface area contributed by atoms with Crippen molar-refractivity contribution in [1.82, 2.24) is 15.3 Å². The molecule has 0 amide bonds. The van der Waals surface area contributed by atoms with Crippen LogP contribution >= 0.6 is 15.9 Å². The molecule has 0 aliphatic heterocycles. The zero-order valence-corrected chi connectivity index (χ0v) is 19.4. The van der Waals surface area contributed by atoms with E-state index in [1.165, 1.54) is 0 Å². The van der Waals surface area contributed by atoms with Crippen LogP contribution in [-0.2, 0) is 6.42 Å². The molecule has 2 aromatic rings. The van der Waals surface area contributed by atoms with Crippen LogP contribution in [0.25, 0.3) is 0 Å². The minimum absolute atomic E-state index is 0.0272. The number of halogens is 3. The Bertz CT molecular complexity index is 954. The minimum Gasteiger partial charge on any atom is -0.368 e. The smallest absolute Gasteiger partial charge is 0.333 e. The lowest BCUT2D eigenvalue weighted by molar-refractivity contribution is -0.385. The van der Waals surface area contributed by atoms with Crippen LogP contribution in [0, 0.1) is 23.0 Å². The summed E-state index contributed by atoms with van der Waals surface area (Å²) in [4.78, 5) is 19.7. The number of nitrogens with zero attached hydrogens (tertiary/aromatic N) is 3. The van der Waals surface area contributed by atoms with E-state index in [0.717, 1.165) is 41.3 Å². The molecule has 0 atom stereocenters. The van der Waals surface area contributed by atoms with Crippen LogP contribution in [-0.4, -0.2) is 40.4 Å². The maximum atomic E-state index is 12.4. The first-order chi connectivity index (χ1) is 15.2. The summed E-state index contributed by atoms with van der Waals surface area (Å²) in [6, 6.07) is 5.76. The first-order valence-corrected chi connectivity index (χ1v) is 11.3. The Morgan fingerprint density at radius 2 is 2.00 bits per heavy atom. The number of aromatic nitrogens is 2. The SMILES string of the molecule is Cc1c(Br)cccc1Cc1nc(N)nc(NCC2CCC(NCC(F)F)CC2)c1[N+](=O)[O-]. The Morgan fingerprint density at radius 1 is 1.28 bits per heavy atom. The highest BCUT2D eigenvalue weighted by atomic mass is 79.9. The van der Waals surface area contributed by atoms with Crippen LogP contribution in [0.15, 0.2) is 22.7 Å². The number of nitro groups is 1. The van der Waals surface area contributed by atoms with Crippen molar-refractivity contribution in [3.8, 4) is 0 Å². The lowest BCUT2D eigenvalue weighted by Crippen LogP contribution is -2.37. The van der Waals surface area contributed by atoms with E-state index >= 15 is 0 Å². The molecular weight excluding hydrogens is 486 g/mol. The molecule has 4 N–H and O–H groups in total. The first kappa shape index (κ1) is 24.2. The molecule has 11 heteroatoms. The number of alkyl halides is 2. The summed E-state index contributed by atoms with van der Waals surface area (Å²) in [6.45, 7) is 2.13. The number of rotatable bonds is 9. The summed E-state index contributed by atoms with van der Waals surface area (Å²) in [6.07, 6.45) is 1.16. The molecule has 0 radical (unpaired) electrons. The molecule has 1 aliphatic rings. The second-order valence-corrected chi connectivity index (χ2v) is 8.94. The molecule has 0 saturated heterocycles. The van der Waals surface area contributed by atoms with Crippen LogP contribution in [0.3, 0.4) is 0 Å². The average Bonchev–Trinajstić information content (AvgIpc) is 2.74. The molecule has 0 bridgehead atoms. The Morgan fingerprint density at radius 3 is 2.66 bits per heavy atom. The Balaban J connectivity index is 1.70. The van der Waals surface area contributed by atoms with E-state index in [0.29, 0.717) is 6.54 Å². The van der Waals surface area contributed by atoms with Crippen molar-refractivity contribution in [3.05, 3.63) is 49.6 Å². The quantitative estimate of drug-likeness (QED) is 0.335. The molecule has 32 heavy (non-hydrogen) atoms. The van der Waals surface area contributed by atoms with Gasteiger partial charge in [-0.05, 0) is 55.7 Å². The second kappa shape index (κ2) is 11.0. The molecular formula is C21H27BrF2N6O2. The highest BCUT2D eigenvalue weighted by molar-refractivity contribution is 9.10. The number of hydrogen-bond donors (Lipinski definition) is 3. The van der Waals surface area contributed by atoms with Gasteiger partial charge in [-0.3, -0.25) is 10.1 Å². The maximum Gasteiger partial charge on any atom is 0.333 e. The highest BCUT2D eigenvalue weighted by Crippen LogP contribution is 2.31. The van der Waals surface area contributed by atoms with Gasteiger partial charge < -0.3 is 16.4 Å². The van der Waals surface area contributed by atoms with Crippen molar-refractivity contribution in [2.45, 2.75) is 51.5 Å². The molecule has 3 rings (SSSR count). The van der Waals surface area contributed by atoms with Gasteiger partial charge in [0.1, 0.15) is 5.69 Å². The molecule has 174 valence electrons. The van der Waals surface area contributed by atoms with Gasteiger partial charge in [-0.1, -0.05) is 28.1 Å². The summed E-state index contributed by atoms with van der Waals surface area (Å²) in [5, 5.41) is 17.9. The van der Waals surface area contributed by atoms with Crippen molar-refractivity contribution in [1.29, 1.82) is 0 Å². The first-order valence-electron chi connectivity index (χ1n) is 10.5. The fourth-order valence-electron chi connectivity index (χ4n) is 4.05. The fraction of sp³-hybridized carbons (Fsp3) is 0.524. The van der Waals surface area contributed by atoms with Gasteiger partial charge in [-0.2, -0.15) is 4.98 Å². The largest absolute Gasteiger partial charge is 0.368 e. The Kier molecular flexibility index (Phi) is 8.30. The summed E-state index contributed by atoms with van der Waals surface area (Å²) < 4.78 is 25.7. The van der Waals surface area contributed by atoms with Gasteiger partial charge in [0, 0.05) is 23.5 Å². The lowest BCUT2D eigenvalue weighted by atomic mass is 9.86. The predicted octanol–water partition coefficient (Wildman–Crippen LogP) is 4.45. The van der Waals surface area contributed by atoms with Crippen molar-refractivity contribution < 1.29 is 13.7 Å². The van der Waals surface area contributed by atoms with Gasteiger partial charge in [-0.15, -0.1) is 0 Å². The molecule has 1 aromatic heterocycles. The van der Waals surface area contributed by atoms with Crippen LogP contribution in [0.2, 0.25) is 0 Å². The summed E-state index contributed by atoms with van der Waals surface area (Å²) in [5.74, 6) is 0.356. The summed E-state index contributed by atoms with van der Waals surface area (Å²) >= 11 is 3.48. The highest BCUT2D eigenvalue weighted by Gasteiger charge is 2.27. The molecule has 1 saturated carbocycles. The summed E-state index contributed by atoms with van der Waals surface area (Å²) in [5.41, 5.74) is 7.83. The number of nitrogens with two attached hydrogens (primary N) is 1. The zero-order chi connectivity index (χ0) is 23.3. The number of nitrogens with one attached hydrogen (secondary N) is 2. The Hall–Kier alpha value is -2.40. The van der Waals surface area contributed by atoms with Gasteiger partial charge in [-0.25, -0.2) is 13.8 Å². The molecule has 0 unspecified atom stereocenters. The third-order valence-electron chi connectivity index (χ3n) is 5.86. The van der Waals surface area contributed by atoms with Crippen molar-refractivity contribution >= 4 is 33.4 Å². The molecule has 0 spiro atoms. The maximum absolute atomic E-state index is 12.4. The van der Waals surface area contributed by atoms with E-state index in [9.17, 15) is 18.9 Å². The van der Waals surface area contributed by atoms with E-state index in [1.807, 2.05) is 25.1 Å². The fourth-order valence-corrected chi connectivity index (χ4v) is 4.46. The van der Waals surface area contributed by atoms with E-state index in [4.69, 9.17) is 5.73 Å². The molecule has 8 nitrogen and oxygen atoms in total. The number of nitrogen functional groups attached to an aromatic ring is 1. The van der Waals surface area contributed by atoms with E-state index in [2.05, 4.69) is 36.5 Å². The third kappa shape index (κ3) is 6.32. The normalized spacial score (nSPS) is 18.7. The standard InChI is InChI=1S/C21H27BrF2N6O2/c1-12-14(3-2-4-16(12)22)9-17-19(30(31)32)20(29-21(25)28-17)27-10-13-5-7-15(8-6-13)26-11-18(23)24/h2-4,13,15,18,26H,5-11H2,1H3,(H3,25,27,28,29). The summed E-state index contributed by atoms with van der Waals surface area (Å²) in [7, 11) is 0. The van der Waals surface area contributed by atoms with Crippen LogP contribution in [0.4, 0.5) is 26.2 Å². The van der Waals surface area contributed by atoms with Crippen molar-refractivity contribution in [3.63, 3.8) is 0 Å².